The number of rotatable bonds is 10. The first-order chi connectivity index (χ1) is 13.5. The van der Waals surface area contributed by atoms with E-state index in [4.69, 9.17) is 21.7 Å². The van der Waals surface area contributed by atoms with Crippen molar-refractivity contribution in [1.29, 1.82) is 0 Å². The van der Waals surface area contributed by atoms with Crippen molar-refractivity contribution in [3.8, 4) is 0 Å². The van der Waals surface area contributed by atoms with Crippen molar-refractivity contribution in [2.75, 3.05) is 0 Å². The van der Waals surface area contributed by atoms with E-state index >= 15 is 0 Å². The number of aromatic nitrogens is 3. The number of aliphatic carboxylic acids is 2. The van der Waals surface area contributed by atoms with Crippen molar-refractivity contribution in [2.24, 2.45) is 11.5 Å². The van der Waals surface area contributed by atoms with Crippen molar-refractivity contribution in [2.45, 2.75) is 37.8 Å². The van der Waals surface area contributed by atoms with Gasteiger partial charge in [0.15, 0.2) is 11.4 Å². The molecule has 0 fully saturated rings. The SMILES string of the molecule is N[C@@H](CCC(=O)O)C(=O)NC(=O)c1nn[nH]c1C(=O)NC(=O)[C@@H](N)CCC(=O)O. The van der Waals surface area contributed by atoms with Gasteiger partial charge >= 0.3 is 11.9 Å². The van der Waals surface area contributed by atoms with Gasteiger partial charge in [0.2, 0.25) is 11.8 Å². The maximum absolute atomic E-state index is 12.1. The summed E-state index contributed by atoms with van der Waals surface area (Å²) in [6.07, 6.45) is -1.26. The van der Waals surface area contributed by atoms with Gasteiger partial charge in [-0.05, 0) is 12.8 Å². The molecule has 0 bridgehead atoms. The topological polar surface area (TPSA) is 261 Å². The van der Waals surface area contributed by atoms with Crippen LogP contribution < -0.4 is 22.1 Å². The number of carboxylic acid groups (broad SMARTS) is 2. The largest absolute Gasteiger partial charge is 0.481 e. The predicted molar refractivity (Wildman–Crippen MR) is 91.0 cm³/mol. The van der Waals surface area contributed by atoms with E-state index in [0.29, 0.717) is 0 Å². The van der Waals surface area contributed by atoms with Gasteiger partial charge in [-0.2, -0.15) is 0 Å². The Balaban J connectivity index is 2.72. The van der Waals surface area contributed by atoms with Crippen LogP contribution in [0.5, 0.6) is 0 Å². The van der Waals surface area contributed by atoms with Crippen molar-refractivity contribution in [1.82, 2.24) is 26.0 Å². The highest BCUT2D eigenvalue weighted by molar-refractivity contribution is 6.13. The van der Waals surface area contributed by atoms with Gasteiger partial charge in [0, 0.05) is 12.8 Å². The molecule has 0 aromatic carbocycles. The second-order valence-corrected chi connectivity index (χ2v) is 5.75. The first-order valence-electron chi connectivity index (χ1n) is 8.09. The highest BCUT2D eigenvalue weighted by Crippen LogP contribution is 2.03. The summed E-state index contributed by atoms with van der Waals surface area (Å²) < 4.78 is 0. The summed E-state index contributed by atoms with van der Waals surface area (Å²) in [5.41, 5.74) is 9.74. The van der Waals surface area contributed by atoms with Crippen molar-refractivity contribution in [3.05, 3.63) is 11.4 Å². The summed E-state index contributed by atoms with van der Waals surface area (Å²) in [6, 6.07) is -2.59. The fourth-order valence-corrected chi connectivity index (χ4v) is 1.90. The van der Waals surface area contributed by atoms with Gasteiger partial charge in [0.1, 0.15) is 0 Å². The third kappa shape index (κ3) is 7.43. The molecule has 158 valence electrons. The molecule has 0 unspecified atom stereocenters. The van der Waals surface area contributed by atoms with Gasteiger partial charge in [0.05, 0.1) is 12.1 Å². The van der Waals surface area contributed by atoms with Crippen LogP contribution in [-0.4, -0.2) is 73.3 Å². The molecule has 1 rings (SSSR count). The van der Waals surface area contributed by atoms with Gasteiger partial charge in [-0.1, -0.05) is 5.21 Å². The highest BCUT2D eigenvalue weighted by atomic mass is 16.4. The number of imide groups is 2. The van der Waals surface area contributed by atoms with Gasteiger partial charge < -0.3 is 21.7 Å². The maximum Gasteiger partial charge on any atom is 0.303 e. The number of aromatic amines is 1. The van der Waals surface area contributed by atoms with Crippen LogP contribution >= 0.6 is 0 Å². The Morgan fingerprint density at radius 3 is 1.76 bits per heavy atom. The number of H-pyrrole nitrogens is 1. The zero-order chi connectivity index (χ0) is 22.1. The normalized spacial score (nSPS) is 12.5. The molecular formula is C14H19N7O8. The molecule has 0 saturated carbocycles. The van der Waals surface area contributed by atoms with Crippen LogP contribution in [0.25, 0.3) is 0 Å². The summed E-state index contributed by atoms with van der Waals surface area (Å²) in [6.45, 7) is 0. The first kappa shape index (κ1) is 23.3. The Morgan fingerprint density at radius 2 is 1.31 bits per heavy atom. The molecule has 9 N–H and O–H groups in total. The van der Waals surface area contributed by atoms with Crippen molar-refractivity contribution in [3.63, 3.8) is 0 Å². The molecule has 29 heavy (non-hydrogen) atoms. The molecule has 15 heteroatoms. The van der Waals surface area contributed by atoms with E-state index in [9.17, 15) is 28.8 Å². The molecule has 1 aromatic rings. The fourth-order valence-electron chi connectivity index (χ4n) is 1.90. The smallest absolute Gasteiger partial charge is 0.303 e. The van der Waals surface area contributed by atoms with Crippen molar-refractivity contribution < 1.29 is 39.0 Å². The average Bonchev–Trinajstić information content (AvgIpc) is 3.13. The van der Waals surface area contributed by atoms with Crippen LogP contribution in [0.4, 0.5) is 0 Å². The Kier molecular flexibility index (Phi) is 8.50. The van der Waals surface area contributed by atoms with E-state index in [-0.39, 0.29) is 12.8 Å². The Labute approximate surface area is 162 Å². The fraction of sp³-hybridized carbons (Fsp3) is 0.429. The number of hydrogen-bond donors (Lipinski definition) is 7. The van der Waals surface area contributed by atoms with Crippen LogP contribution in [0.2, 0.25) is 0 Å². The molecule has 0 aliphatic rings. The van der Waals surface area contributed by atoms with Gasteiger partial charge in [-0.3, -0.25) is 44.5 Å². The lowest BCUT2D eigenvalue weighted by atomic mass is 10.1. The number of carbonyl (C=O) groups is 6. The van der Waals surface area contributed by atoms with E-state index in [2.05, 4.69) is 15.4 Å². The average molecular weight is 413 g/mol. The molecule has 0 spiro atoms. The quantitative estimate of drug-likeness (QED) is 0.199. The molecule has 4 amide bonds. The third-order valence-corrected chi connectivity index (χ3v) is 3.48. The summed E-state index contributed by atoms with van der Waals surface area (Å²) in [7, 11) is 0. The second-order valence-electron chi connectivity index (χ2n) is 5.75. The Hall–Kier alpha value is -3.72. The lowest BCUT2D eigenvalue weighted by Crippen LogP contribution is -2.45. The Morgan fingerprint density at radius 1 is 0.862 bits per heavy atom. The number of nitrogens with zero attached hydrogens (tertiary/aromatic N) is 2. The molecule has 2 atom stereocenters. The molecule has 15 nitrogen and oxygen atoms in total. The summed E-state index contributed by atoms with van der Waals surface area (Å²) >= 11 is 0. The van der Waals surface area contributed by atoms with Crippen LogP contribution in [-0.2, 0) is 19.2 Å². The first-order valence-corrected chi connectivity index (χ1v) is 8.09. The third-order valence-electron chi connectivity index (χ3n) is 3.48. The minimum absolute atomic E-state index is 0.230. The molecule has 0 aliphatic heterocycles. The molecule has 0 saturated heterocycles. The summed E-state index contributed by atoms with van der Waals surface area (Å²) in [5.74, 6) is -6.66. The molecular weight excluding hydrogens is 394 g/mol. The van der Waals surface area contributed by atoms with Gasteiger partial charge in [-0.15, -0.1) is 5.10 Å². The number of carbonyl (C=O) groups excluding carboxylic acids is 4. The van der Waals surface area contributed by atoms with Gasteiger partial charge in [-0.25, -0.2) is 0 Å². The molecule has 0 radical (unpaired) electrons. The maximum atomic E-state index is 12.1. The molecule has 0 aliphatic carbocycles. The second kappa shape index (κ2) is 10.6. The van der Waals surface area contributed by atoms with Gasteiger partial charge in [0.25, 0.3) is 11.8 Å². The standard InChI is InChI=1S/C14H19N7O8/c15-5(1-3-7(22)23)11(26)17-13(28)9-10(20-21-19-9)14(29)18-12(27)6(16)2-4-8(24)25/h5-6H,1-4,15-16H2,(H,22,23)(H,24,25)(H,17,26,28)(H,18,27,29)(H,19,20,21)/t5-,6-/m0/s1. The monoisotopic (exact) mass is 413 g/mol. The zero-order valence-corrected chi connectivity index (χ0v) is 14.9. The van der Waals surface area contributed by atoms with Crippen LogP contribution in [0, 0.1) is 0 Å². The van der Waals surface area contributed by atoms with Crippen LogP contribution in [0.3, 0.4) is 0 Å². The van der Waals surface area contributed by atoms with Crippen LogP contribution in [0.15, 0.2) is 0 Å². The number of carboxylic acids is 2. The lowest BCUT2D eigenvalue weighted by molar-refractivity contribution is -0.138. The predicted octanol–water partition coefficient (Wildman–Crippen LogP) is -3.30. The highest BCUT2D eigenvalue weighted by Gasteiger charge is 2.27. The number of hydrogen-bond acceptors (Lipinski definition) is 10. The molecule has 1 aromatic heterocycles. The van der Waals surface area contributed by atoms with E-state index in [1.165, 1.54) is 0 Å². The summed E-state index contributed by atoms with van der Waals surface area (Å²) in [4.78, 5) is 68.8. The van der Waals surface area contributed by atoms with E-state index < -0.39 is 71.9 Å². The van der Waals surface area contributed by atoms with Crippen molar-refractivity contribution >= 4 is 35.6 Å². The van der Waals surface area contributed by atoms with E-state index in [1.54, 1.807) is 0 Å². The number of amides is 4. The number of nitrogens with two attached hydrogens (primary N) is 2. The minimum atomic E-state index is -1.30. The Bertz CT molecular complexity index is 756. The number of nitrogens with one attached hydrogen (secondary N) is 3. The lowest BCUT2D eigenvalue weighted by Gasteiger charge is -2.11. The van der Waals surface area contributed by atoms with E-state index in [1.807, 2.05) is 10.6 Å². The van der Waals surface area contributed by atoms with E-state index in [0.717, 1.165) is 0 Å². The summed E-state index contributed by atoms with van der Waals surface area (Å²) in [5, 5.41) is 29.5. The molecule has 1 heterocycles. The van der Waals surface area contributed by atoms with Crippen LogP contribution in [0.1, 0.15) is 46.7 Å². The zero-order valence-electron chi connectivity index (χ0n) is 14.9. The minimum Gasteiger partial charge on any atom is -0.481 e.